The number of hydrogen-bond acceptors (Lipinski definition) is 8. The van der Waals surface area contributed by atoms with E-state index in [1.54, 1.807) is 0 Å². The number of ether oxygens (including phenoxy) is 1. The number of nitrogens with zero attached hydrogens (tertiary/aromatic N) is 4. The van der Waals surface area contributed by atoms with E-state index in [1.165, 1.54) is 17.2 Å². The average molecular weight is 315 g/mol. The van der Waals surface area contributed by atoms with Crippen LogP contribution in [0.4, 0.5) is 0 Å². The lowest BCUT2D eigenvalue weighted by atomic mass is 10.1. The highest BCUT2D eigenvalue weighted by Gasteiger charge is 2.44. The smallest absolute Gasteiger partial charge is 0.173 e. The van der Waals surface area contributed by atoms with Crippen molar-refractivity contribution < 1.29 is 24.3 Å². The Bertz CT molecular complexity index is 694. The van der Waals surface area contributed by atoms with Crippen LogP contribution in [0.25, 0.3) is 11.2 Å². The third-order valence-corrected chi connectivity index (χ3v) is 3.99. The highest BCUT2D eigenvalue weighted by molar-refractivity contribution is 7.82. The minimum absolute atomic E-state index is 0.0606. The summed E-state index contributed by atoms with van der Waals surface area (Å²) in [6.45, 7) is -0.436. The van der Waals surface area contributed by atoms with E-state index in [9.17, 15) is 14.4 Å². The third kappa shape index (κ3) is 2.23. The fourth-order valence-electron chi connectivity index (χ4n) is 2.27. The number of imidazole rings is 1. The van der Waals surface area contributed by atoms with Crippen LogP contribution in [0.15, 0.2) is 17.7 Å². The molecule has 10 nitrogen and oxygen atoms in total. The maximum absolute atomic E-state index is 11.4. The molecule has 1 fully saturated rings. The van der Waals surface area contributed by atoms with E-state index in [-0.39, 0.29) is 16.2 Å². The van der Waals surface area contributed by atoms with Crippen LogP contribution in [0.1, 0.15) is 6.23 Å². The lowest BCUT2D eigenvalue weighted by molar-refractivity contribution is -0.0511. The Morgan fingerprint density at radius 3 is 2.71 bits per heavy atom. The standard InChI is InChI=1S/C10H13N5O5S/c11-21(19)9-5-8(12-2-13-9)15(3-14-5)10-7(18)6(17)4(1-16)20-10/h2-4,6-7,10,16-18H,1,11H2/t4-,6-,7+,10-,21?/m1/s1. The molecule has 0 bridgehead atoms. The third-order valence-electron chi connectivity index (χ3n) is 3.31. The molecule has 0 amide bonds. The van der Waals surface area contributed by atoms with Gasteiger partial charge in [-0.05, 0) is 0 Å². The molecule has 3 rings (SSSR count). The summed E-state index contributed by atoms with van der Waals surface area (Å²) in [4.78, 5) is 11.8. The van der Waals surface area contributed by atoms with Gasteiger partial charge in [0.05, 0.1) is 12.9 Å². The zero-order chi connectivity index (χ0) is 15.1. The van der Waals surface area contributed by atoms with Crippen LogP contribution < -0.4 is 5.14 Å². The van der Waals surface area contributed by atoms with Crippen LogP contribution in [-0.4, -0.2) is 64.0 Å². The largest absolute Gasteiger partial charge is 0.394 e. The maximum atomic E-state index is 11.4. The Balaban J connectivity index is 2.06. The first-order chi connectivity index (χ1) is 10.0. The minimum Gasteiger partial charge on any atom is -0.394 e. The molecule has 0 radical (unpaired) electrons. The summed E-state index contributed by atoms with van der Waals surface area (Å²) < 4.78 is 18.2. The Morgan fingerprint density at radius 2 is 2.10 bits per heavy atom. The SMILES string of the molecule is NS(=O)c1ncnc2c1ncn2[C@@H]1O[C@H](CO)[C@@H](O)[C@@H]1O. The number of fused-ring (bicyclic) bond motifs is 1. The minimum atomic E-state index is -1.84. The van der Waals surface area contributed by atoms with Crippen molar-refractivity contribution in [3.05, 3.63) is 12.7 Å². The van der Waals surface area contributed by atoms with Gasteiger partial charge in [0.25, 0.3) is 0 Å². The van der Waals surface area contributed by atoms with E-state index in [0.717, 1.165) is 0 Å². The topological polar surface area (TPSA) is 157 Å². The molecule has 0 saturated carbocycles. The predicted molar refractivity (Wildman–Crippen MR) is 68.9 cm³/mol. The molecule has 3 heterocycles. The van der Waals surface area contributed by atoms with Crippen LogP contribution in [-0.2, 0) is 15.7 Å². The molecule has 5 N–H and O–H groups in total. The number of hydrogen-bond donors (Lipinski definition) is 4. The molecule has 0 aliphatic carbocycles. The normalized spacial score (nSPS) is 30.9. The Morgan fingerprint density at radius 1 is 1.33 bits per heavy atom. The second-order valence-electron chi connectivity index (χ2n) is 4.53. The van der Waals surface area contributed by atoms with Crippen molar-refractivity contribution in [3.8, 4) is 0 Å². The van der Waals surface area contributed by atoms with Crippen LogP contribution >= 0.6 is 0 Å². The van der Waals surface area contributed by atoms with E-state index in [4.69, 9.17) is 15.0 Å². The van der Waals surface area contributed by atoms with E-state index in [0.29, 0.717) is 0 Å². The van der Waals surface area contributed by atoms with E-state index in [2.05, 4.69) is 15.0 Å². The van der Waals surface area contributed by atoms with Crippen LogP contribution in [0, 0.1) is 0 Å². The van der Waals surface area contributed by atoms with Gasteiger partial charge < -0.3 is 20.1 Å². The molecule has 11 heteroatoms. The molecule has 0 aromatic carbocycles. The molecule has 1 unspecified atom stereocenters. The Labute approximate surface area is 120 Å². The maximum Gasteiger partial charge on any atom is 0.173 e. The van der Waals surface area contributed by atoms with Gasteiger partial charge in [0.1, 0.15) is 41.1 Å². The first-order valence-corrected chi connectivity index (χ1v) is 7.22. The van der Waals surface area contributed by atoms with Gasteiger partial charge in [-0.15, -0.1) is 0 Å². The van der Waals surface area contributed by atoms with Crippen LogP contribution in [0.3, 0.4) is 0 Å². The van der Waals surface area contributed by atoms with Crippen molar-refractivity contribution in [1.29, 1.82) is 0 Å². The second-order valence-corrected chi connectivity index (χ2v) is 5.51. The Hall–Kier alpha value is -1.50. The number of nitrogens with two attached hydrogens (primary N) is 1. The molecule has 1 aliphatic rings. The van der Waals surface area contributed by atoms with E-state index < -0.39 is 42.1 Å². The molecular weight excluding hydrogens is 302 g/mol. The van der Waals surface area contributed by atoms with Crippen molar-refractivity contribution in [3.63, 3.8) is 0 Å². The van der Waals surface area contributed by atoms with Crippen LogP contribution in [0.5, 0.6) is 0 Å². The molecular formula is C10H13N5O5S. The van der Waals surface area contributed by atoms with Gasteiger partial charge >= 0.3 is 0 Å². The number of aliphatic hydroxyl groups excluding tert-OH is 3. The fraction of sp³-hybridized carbons (Fsp3) is 0.500. The van der Waals surface area contributed by atoms with E-state index >= 15 is 0 Å². The number of aromatic nitrogens is 4. The first kappa shape index (κ1) is 14.4. The Kier molecular flexibility index (Phi) is 3.69. The second kappa shape index (κ2) is 5.36. The molecule has 2 aromatic rings. The van der Waals surface area contributed by atoms with Gasteiger partial charge in [0, 0.05) is 0 Å². The van der Waals surface area contributed by atoms with Crippen molar-refractivity contribution >= 4 is 22.1 Å². The lowest BCUT2D eigenvalue weighted by Crippen LogP contribution is -2.33. The van der Waals surface area contributed by atoms with Gasteiger partial charge in [-0.2, -0.15) is 0 Å². The molecule has 114 valence electrons. The van der Waals surface area contributed by atoms with Crippen LogP contribution in [0.2, 0.25) is 0 Å². The molecule has 5 atom stereocenters. The van der Waals surface area contributed by atoms with Gasteiger partial charge in [-0.1, -0.05) is 0 Å². The summed E-state index contributed by atoms with van der Waals surface area (Å²) in [6.07, 6.45) is -1.90. The summed E-state index contributed by atoms with van der Waals surface area (Å²) in [5.41, 5.74) is 0.477. The molecule has 2 aromatic heterocycles. The van der Waals surface area contributed by atoms with Gasteiger partial charge in [0.15, 0.2) is 16.9 Å². The van der Waals surface area contributed by atoms with Gasteiger partial charge in [-0.3, -0.25) is 4.57 Å². The quantitative estimate of drug-likeness (QED) is 0.450. The molecule has 0 spiro atoms. The summed E-state index contributed by atoms with van der Waals surface area (Å²) in [5, 5.41) is 34.2. The van der Waals surface area contributed by atoms with Crippen molar-refractivity contribution in [1.82, 2.24) is 19.5 Å². The van der Waals surface area contributed by atoms with Crippen molar-refractivity contribution in [2.24, 2.45) is 5.14 Å². The molecule has 1 saturated heterocycles. The fourth-order valence-corrected chi connectivity index (χ4v) is 2.76. The highest BCUT2D eigenvalue weighted by Crippen LogP contribution is 2.31. The zero-order valence-electron chi connectivity index (χ0n) is 10.6. The molecule has 21 heavy (non-hydrogen) atoms. The summed E-state index contributed by atoms with van der Waals surface area (Å²) in [6, 6.07) is 0. The average Bonchev–Trinajstić information content (AvgIpc) is 3.01. The highest BCUT2D eigenvalue weighted by atomic mass is 32.2. The number of aliphatic hydroxyl groups is 3. The van der Waals surface area contributed by atoms with E-state index in [1.807, 2.05) is 0 Å². The van der Waals surface area contributed by atoms with Crippen molar-refractivity contribution in [2.75, 3.05) is 6.61 Å². The first-order valence-electron chi connectivity index (χ1n) is 6.00. The zero-order valence-corrected chi connectivity index (χ0v) is 11.4. The summed E-state index contributed by atoms with van der Waals surface area (Å²) in [5.74, 6) is 0. The monoisotopic (exact) mass is 315 g/mol. The van der Waals surface area contributed by atoms with Crippen molar-refractivity contribution in [2.45, 2.75) is 29.6 Å². The van der Waals surface area contributed by atoms with Gasteiger partial charge in [0.2, 0.25) is 0 Å². The summed E-state index contributed by atoms with van der Waals surface area (Å²) in [7, 11) is -1.84. The van der Waals surface area contributed by atoms with Gasteiger partial charge in [-0.25, -0.2) is 24.3 Å². The number of rotatable bonds is 3. The summed E-state index contributed by atoms with van der Waals surface area (Å²) >= 11 is 0. The lowest BCUT2D eigenvalue weighted by Gasteiger charge is -2.16. The molecule has 1 aliphatic heterocycles. The predicted octanol–water partition coefficient (Wildman–Crippen LogP) is -2.58.